The second-order valence-electron chi connectivity index (χ2n) is 6.54. The van der Waals surface area contributed by atoms with E-state index in [9.17, 15) is 4.79 Å². The lowest BCUT2D eigenvalue weighted by Gasteiger charge is -2.31. The number of aromatic nitrogens is 3. The predicted octanol–water partition coefficient (Wildman–Crippen LogP) is 1.58. The number of anilines is 1. The highest BCUT2D eigenvalue weighted by Crippen LogP contribution is 2.25. The van der Waals surface area contributed by atoms with Gasteiger partial charge in [0.15, 0.2) is 0 Å². The molecule has 1 saturated heterocycles. The van der Waals surface area contributed by atoms with E-state index in [0.29, 0.717) is 31.9 Å². The van der Waals surface area contributed by atoms with Gasteiger partial charge in [0, 0.05) is 45.6 Å². The molecule has 0 aromatic carbocycles. The van der Waals surface area contributed by atoms with Crippen molar-refractivity contribution in [3.05, 3.63) is 47.9 Å². The minimum atomic E-state index is 0.0416. The fraction of sp³-hybridized carbons (Fsp3) is 0.421. The summed E-state index contributed by atoms with van der Waals surface area (Å²) in [5, 5.41) is 4.23. The number of aryl methyl sites for hydroxylation is 1. The van der Waals surface area contributed by atoms with Crippen molar-refractivity contribution >= 4 is 17.3 Å². The van der Waals surface area contributed by atoms with Crippen molar-refractivity contribution in [2.24, 2.45) is 7.05 Å². The SMILES string of the molecule is Cn1nccc1C1=CCN(C(=O)c2cccnc2N2CCOCC2)CC1. The molecule has 0 spiro atoms. The Labute approximate surface area is 152 Å². The number of ether oxygens (including phenoxy) is 1. The summed E-state index contributed by atoms with van der Waals surface area (Å²) in [6, 6.07) is 5.72. The first kappa shape index (κ1) is 16.8. The van der Waals surface area contributed by atoms with E-state index in [-0.39, 0.29) is 5.91 Å². The summed E-state index contributed by atoms with van der Waals surface area (Å²) >= 11 is 0. The second kappa shape index (κ2) is 7.29. The van der Waals surface area contributed by atoms with Gasteiger partial charge in [0.05, 0.1) is 24.5 Å². The molecule has 2 aliphatic rings. The summed E-state index contributed by atoms with van der Waals surface area (Å²) in [6.07, 6.45) is 6.51. The molecule has 4 rings (SSSR count). The zero-order chi connectivity index (χ0) is 17.9. The van der Waals surface area contributed by atoms with E-state index in [4.69, 9.17) is 4.74 Å². The fourth-order valence-corrected chi connectivity index (χ4v) is 3.54. The van der Waals surface area contributed by atoms with E-state index in [1.165, 1.54) is 5.57 Å². The molecule has 2 aromatic rings. The molecule has 4 heterocycles. The zero-order valence-electron chi connectivity index (χ0n) is 15.0. The fourth-order valence-electron chi connectivity index (χ4n) is 3.54. The third kappa shape index (κ3) is 3.22. The van der Waals surface area contributed by atoms with Crippen LogP contribution in [-0.4, -0.2) is 65.0 Å². The Bertz CT molecular complexity index is 823. The number of morpholine rings is 1. The molecule has 0 saturated carbocycles. The minimum Gasteiger partial charge on any atom is -0.378 e. The molecule has 1 fully saturated rings. The standard InChI is InChI=1S/C19H23N5O2/c1-22-17(4-8-21-22)15-5-9-24(10-6-15)19(25)16-3-2-7-20-18(16)23-11-13-26-14-12-23/h2-5,7-8H,6,9-14H2,1H3. The van der Waals surface area contributed by atoms with Crippen LogP contribution in [0.2, 0.25) is 0 Å². The monoisotopic (exact) mass is 353 g/mol. The van der Waals surface area contributed by atoms with Gasteiger partial charge in [-0.05, 0) is 30.2 Å². The van der Waals surface area contributed by atoms with Gasteiger partial charge in [0.1, 0.15) is 5.82 Å². The van der Waals surface area contributed by atoms with Crippen LogP contribution in [0.5, 0.6) is 0 Å². The number of pyridine rings is 1. The van der Waals surface area contributed by atoms with Crippen LogP contribution in [0.15, 0.2) is 36.7 Å². The first-order chi connectivity index (χ1) is 12.7. The molecular weight excluding hydrogens is 330 g/mol. The summed E-state index contributed by atoms with van der Waals surface area (Å²) in [4.78, 5) is 21.6. The van der Waals surface area contributed by atoms with Crippen LogP contribution >= 0.6 is 0 Å². The highest BCUT2D eigenvalue weighted by molar-refractivity contribution is 5.99. The summed E-state index contributed by atoms with van der Waals surface area (Å²) in [5.41, 5.74) is 3.04. The number of hydrogen-bond acceptors (Lipinski definition) is 5. The Morgan fingerprint density at radius 3 is 2.69 bits per heavy atom. The first-order valence-electron chi connectivity index (χ1n) is 8.98. The topological polar surface area (TPSA) is 63.5 Å². The smallest absolute Gasteiger partial charge is 0.257 e. The number of rotatable bonds is 3. The molecule has 2 aromatic heterocycles. The van der Waals surface area contributed by atoms with E-state index in [0.717, 1.165) is 31.0 Å². The number of nitrogens with zero attached hydrogens (tertiary/aromatic N) is 5. The molecule has 7 heteroatoms. The quantitative estimate of drug-likeness (QED) is 0.838. The highest BCUT2D eigenvalue weighted by atomic mass is 16.5. The van der Waals surface area contributed by atoms with E-state index in [2.05, 4.69) is 21.1 Å². The van der Waals surface area contributed by atoms with Crippen LogP contribution < -0.4 is 4.90 Å². The van der Waals surface area contributed by atoms with Crippen LogP contribution in [0, 0.1) is 0 Å². The Hall–Kier alpha value is -2.67. The Morgan fingerprint density at radius 2 is 2.00 bits per heavy atom. The molecule has 0 radical (unpaired) electrons. The summed E-state index contributed by atoms with van der Waals surface area (Å²) < 4.78 is 7.29. The lowest BCUT2D eigenvalue weighted by atomic mass is 10.0. The zero-order valence-corrected chi connectivity index (χ0v) is 15.0. The molecule has 0 aliphatic carbocycles. The van der Waals surface area contributed by atoms with Gasteiger partial charge in [-0.1, -0.05) is 6.08 Å². The minimum absolute atomic E-state index is 0.0416. The molecular formula is C19H23N5O2. The third-order valence-corrected chi connectivity index (χ3v) is 4.97. The number of carbonyl (C=O) groups excluding carboxylic acids is 1. The van der Waals surface area contributed by atoms with Crippen LogP contribution in [0.1, 0.15) is 22.5 Å². The van der Waals surface area contributed by atoms with Crippen LogP contribution in [-0.2, 0) is 11.8 Å². The van der Waals surface area contributed by atoms with Gasteiger partial charge in [0.2, 0.25) is 0 Å². The van der Waals surface area contributed by atoms with E-state index in [1.807, 2.05) is 34.8 Å². The predicted molar refractivity (Wildman–Crippen MR) is 99.0 cm³/mol. The Morgan fingerprint density at radius 1 is 1.15 bits per heavy atom. The maximum absolute atomic E-state index is 13.1. The van der Waals surface area contributed by atoms with Gasteiger partial charge < -0.3 is 14.5 Å². The normalized spacial score (nSPS) is 18.0. The molecule has 0 atom stereocenters. The van der Waals surface area contributed by atoms with E-state index >= 15 is 0 Å². The van der Waals surface area contributed by atoms with Crippen molar-refractivity contribution in [2.75, 3.05) is 44.3 Å². The van der Waals surface area contributed by atoms with Crippen molar-refractivity contribution in [3.63, 3.8) is 0 Å². The van der Waals surface area contributed by atoms with Crippen LogP contribution in [0.4, 0.5) is 5.82 Å². The maximum atomic E-state index is 13.1. The molecule has 136 valence electrons. The summed E-state index contributed by atoms with van der Waals surface area (Å²) in [5.74, 6) is 0.808. The summed E-state index contributed by atoms with van der Waals surface area (Å²) in [6.45, 7) is 4.18. The summed E-state index contributed by atoms with van der Waals surface area (Å²) in [7, 11) is 1.94. The Kier molecular flexibility index (Phi) is 4.71. The number of amides is 1. The molecule has 0 bridgehead atoms. The van der Waals surface area contributed by atoms with Gasteiger partial charge in [-0.25, -0.2) is 4.98 Å². The van der Waals surface area contributed by atoms with Crippen molar-refractivity contribution in [1.29, 1.82) is 0 Å². The molecule has 26 heavy (non-hydrogen) atoms. The van der Waals surface area contributed by atoms with Gasteiger partial charge in [-0.2, -0.15) is 5.10 Å². The first-order valence-corrected chi connectivity index (χ1v) is 8.98. The molecule has 1 amide bonds. The van der Waals surface area contributed by atoms with Gasteiger partial charge in [-0.15, -0.1) is 0 Å². The molecule has 0 unspecified atom stereocenters. The van der Waals surface area contributed by atoms with Gasteiger partial charge >= 0.3 is 0 Å². The highest BCUT2D eigenvalue weighted by Gasteiger charge is 2.25. The van der Waals surface area contributed by atoms with Crippen molar-refractivity contribution in [3.8, 4) is 0 Å². The number of carbonyl (C=O) groups is 1. The average molecular weight is 353 g/mol. The molecule has 7 nitrogen and oxygen atoms in total. The van der Waals surface area contributed by atoms with Crippen molar-refractivity contribution in [2.45, 2.75) is 6.42 Å². The van der Waals surface area contributed by atoms with E-state index < -0.39 is 0 Å². The van der Waals surface area contributed by atoms with Gasteiger partial charge in [0.25, 0.3) is 5.91 Å². The van der Waals surface area contributed by atoms with E-state index in [1.54, 1.807) is 12.4 Å². The van der Waals surface area contributed by atoms with Crippen molar-refractivity contribution in [1.82, 2.24) is 19.7 Å². The van der Waals surface area contributed by atoms with Crippen LogP contribution in [0.25, 0.3) is 5.57 Å². The lowest BCUT2D eigenvalue weighted by Crippen LogP contribution is -2.40. The number of hydrogen-bond donors (Lipinski definition) is 0. The Balaban J connectivity index is 1.52. The molecule has 0 N–H and O–H groups in total. The third-order valence-electron chi connectivity index (χ3n) is 4.97. The molecule has 2 aliphatic heterocycles. The average Bonchev–Trinajstić information content (AvgIpc) is 3.14. The second-order valence-corrected chi connectivity index (χ2v) is 6.54. The maximum Gasteiger partial charge on any atom is 0.257 e. The largest absolute Gasteiger partial charge is 0.378 e. The lowest BCUT2D eigenvalue weighted by molar-refractivity contribution is 0.0771. The van der Waals surface area contributed by atoms with Crippen molar-refractivity contribution < 1.29 is 9.53 Å². The van der Waals surface area contributed by atoms with Gasteiger partial charge in [-0.3, -0.25) is 9.48 Å². The van der Waals surface area contributed by atoms with Crippen LogP contribution in [0.3, 0.4) is 0 Å².